The van der Waals surface area contributed by atoms with E-state index < -0.39 is 0 Å². The van der Waals surface area contributed by atoms with Crippen LogP contribution in [0.25, 0.3) is 44.2 Å². The SMILES string of the molecule is Fc1cccc(-c2ccc(-c3ccc(-c4ccc5ccccc5c4)cc3)cc2)c1. The molecule has 1 heteroatoms. The zero-order valence-electron chi connectivity index (χ0n) is 15.8. The molecule has 0 aliphatic rings. The van der Waals surface area contributed by atoms with Crippen molar-refractivity contribution in [3.63, 3.8) is 0 Å². The summed E-state index contributed by atoms with van der Waals surface area (Å²) < 4.78 is 13.5. The van der Waals surface area contributed by atoms with Gasteiger partial charge in [-0.05, 0) is 62.4 Å². The fourth-order valence-corrected chi connectivity index (χ4v) is 3.75. The minimum atomic E-state index is -0.212. The maximum atomic E-state index is 13.5. The second kappa shape index (κ2) is 7.37. The van der Waals surface area contributed by atoms with Crippen LogP contribution in [-0.2, 0) is 0 Å². The first kappa shape index (κ1) is 17.4. The van der Waals surface area contributed by atoms with E-state index in [-0.39, 0.29) is 5.82 Å². The van der Waals surface area contributed by atoms with Crippen molar-refractivity contribution in [3.05, 3.63) is 121 Å². The normalized spacial score (nSPS) is 10.9. The van der Waals surface area contributed by atoms with Gasteiger partial charge in [-0.1, -0.05) is 97.1 Å². The Morgan fingerprint density at radius 2 is 0.828 bits per heavy atom. The van der Waals surface area contributed by atoms with Crippen LogP contribution in [0, 0.1) is 5.82 Å². The van der Waals surface area contributed by atoms with Gasteiger partial charge in [-0.25, -0.2) is 4.39 Å². The van der Waals surface area contributed by atoms with Crippen molar-refractivity contribution >= 4 is 10.8 Å². The zero-order valence-corrected chi connectivity index (χ0v) is 15.8. The fraction of sp³-hybridized carbons (Fsp3) is 0. The van der Waals surface area contributed by atoms with Gasteiger partial charge in [-0.3, -0.25) is 0 Å². The molecule has 0 N–H and O–H groups in total. The Morgan fingerprint density at radius 1 is 0.345 bits per heavy atom. The Kier molecular flexibility index (Phi) is 4.42. The van der Waals surface area contributed by atoms with Gasteiger partial charge in [0.1, 0.15) is 5.82 Å². The molecule has 29 heavy (non-hydrogen) atoms. The van der Waals surface area contributed by atoms with Crippen molar-refractivity contribution < 1.29 is 4.39 Å². The highest BCUT2D eigenvalue weighted by Gasteiger charge is 2.04. The van der Waals surface area contributed by atoms with Crippen LogP contribution in [0.2, 0.25) is 0 Å². The first-order valence-corrected chi connectivity index (χ1v) is 9.72. The molecule has 0 saturated heterocycles. The summed E-state index contributed by atoms with van der Waals surface area (Å²) in [6.07, 6.45) is 0. The lowest BCUT2D eigenvalue weighted by molar-refractivity contribution is 0.628. The maximum absolute atomic E-state index is 13.5. The standard InChI is InChI=1S/C28H19F/c29-28-7-3-6-26(19-28)23-12-8-21(9-13-23)22-10-14-24(15-11-22)27-17-16-20-4-1-2-5-25(20)18-27/h1-19H. The lowest BCUT2D eigenvalue weighted by atomic mass is 9.97. The predicted octanol–water partition coefficient (Wildman–Crippen LogP) is 7.98. The van der Waals surface area contributed by atoms with Gasteiger partial charge in [0.15, 0.2) is 0 Å². The molecule has 0 fully saturated rings. The summed E-state index contributed by atoms with van der Waals surface area (Å²) in [5.74, 6) is -0.212. The van der Waals surface area contributed by atoms with Crippen LogP contribution in [0.1, 0.15) is 0 Å². The molecule has 5 rings (SSSR count). The molecule has 0 unspecified atom stereocenters. The Morgan fingerprint density at radius 3 is 1.41 bits per heavy atom. The van der Waals surface area contributed by atoms with Gasteiger partial charge in [0, 0.05) is 0 Å². The minimum Gasteiger partial charge on any atom is -0.207 e. The van der Waals surface area contributed by atoms with E-state index >= 15 is 0 Å². The highest BCUT2D eigenvalue weighted by molar-refractivity contribution is 5.87. The third-order valence-electron chi connectivity index (χ3n) is 5.34. The average molecular weight is 374 g/mol. The van der Waals surface area contributed by atoms with Crippen molar-refractivity contribution in [2.24, 2.45) is 0 Å². The molecule has 0 amide bonds. The van der Waals surface area contributed by atoms with Gasteiger partial charge in [0.25, 0.3) is 0 Å². The lowest BCUT2D eigenvalue weighted by Crippen LogP contribution is -1.83. The summed E-state index contributed by atoms with van der Waals surface area (Å²) >= 11 is 0. The molecule has 0 heterocycles. The molecule has 5 aromatic rings. The summed E-state index contributed by atoms with van der Waals surface area (Å²) in [6, 6.07) is 38.6. The molecule has 0 atom stereocenters. The highest BCUT2D eigenvalue weighted by Crippen LogP contribution is 2.29. The van der Waals surface area contributed by atoms with Crippen LogP contribution in [0.3, 0.4) is 0 Å². The summed E-state index contributed by atoms with van der Waals surface area (Å²) in [5.41, 5.74) is 6.65. The molecular formula is C28H19F. The quantitative estimate of drug-likeness (QED) is 0.300. The molecule has 0 saturated carbocycles. The summed E-state index contributed by atoms with van der Waals surface area (Å²) in [4.78, 5) is 0. The van der Waals surface area contributed by atoms with Crippen LogP contribution >= 0.6 is 0 Å². The summed E-state index contributed by atoms with van der Waals surface area (Å²) in [5, 5.41) is 2.51. The van der Waals surface area contributed by atoms with Gasteiger partial charge in [-0.15, -0.1) is 0 Å². The van der Waals surface area contributed by atoms with Crippen LogP contribution < -0.4 is 0 Å². The van der Waals surface area contributed by atoms with Crippen LogP contribution in [-0.4, -0.2) is 0 Å². The molecule has 0 nitrogen and oxygen atoms in total. The number of hydrogen-bond donors (Lipinski definition) is 0. The van der Waals surface area contributed by atoms with E-state index in [0.29, 0.717) is 0 Å². The van der Waals surface area contributed by atoms with E-state index in [1.165, 1.54) is 33.5 Å². The van der Waals surface area contributed by atoms with E-state index in [0.717, 1.165) is 16.7 Å². The molecule has 0 radical (unpaired) electrons. The van der Waals surface area contributed by atoms with Crippen LogP contribution in [0.15, 0.2) is 115 Å². The van der Waals surface area contributed by atoms with E-state index in [1.807, 2.05) is 18.2 Å². The van der Waals surface area contributed by atoms with Crippen molar-refractivity contribution in [1.29, 1.82) is 0 Å². The summed E-state index contributed by atoms with van der Waals surface area (Å²) in [6.45, 7) is 0. The molecule has 0 aliphatic carbocycles. The largest absolute Gasteiger partial charge is 0.207 e. The topological polar surface area (TPSA) is 0 Å². The minimum absolute atomic E-state index is 0.212. The van der Waals surface area contributed by atoms with E-state index in [4.69, 9.17) is 0 Å². The van der Waals surface area contributed by atoms with Gasteiger partial charge in [-0.2, -0.15) is 0 Å². The Balaban J connectivity index is 1.42. The second-order valence-corrected chi connectivity index (χ2v) is 7.23. The average Bonchev–Trinajstić information content (AvgIpc) is 2.79. The molecule has 0 aromatic heterocycles. The molecule has 0 aliphatic heterocycles. The first-order valence-electron chi connectivity index (χ1n) is 9.72. The Labute approximate surface area is 169 Å². The van der Waals surface area contributed by atoms with Gasteiger partial charge in [0.2, 0.25) is 0 Å². The van der Waals surface area contributed by atoms with Gasteiger partial charge in [0.05, 0.1) is 0 Å². The third kappa shape index (κ3) is 3.55. The fourth-order valence-electron chi connectivity index (χ4n) is 3.75. The van der Waals surface area contributed by atoms with Crippen molar-refractivity contribution in [2.45, 2.75) is 0 Å². The molecule has 0 spiro atoms. The Hall–Kier alpha value is -3.71. The number of benzene rings is 5. The van der Waals surface area contributed by atoms with E-state index in [9.17, 15) is 4.39 Å². The van der Waals surface area contributed by atoms with E-state index in [1.54, 1.807) is 12.1 Å². The zero-order chi connectivity index (χ0) is 19.6. The van der Waals surface area contributed by atoms with Crippen molar-refractivity contribution in [3.8, 4) is 33.4 Å². The lowest BCUT2D eigenvalue weighted by Gasteiger charge is -2.08. The van der Waals surface area contributed by atoms with E-state index in [2.05, 4.69) is 78.9 Å². The van der Waals surface area contributed by atoms with Crippen LogP contribution in [0.5, 0.6) is 0 Å². The first-order chi connectivity index (χ1) is 14.3. The number of rotatable bonds is 3. The van der Waals surface area contributed by atoms with Crippen LogP contribution in [0.4, 0.5) is 4.39 Å². The van der Waals surface area contributed by atoms with Crippen molar-refractivity contribution in [2.75, 3.05) is 0 Å². The smallest absolute Gasteiger partial charge is 0.123 e. The monoisotopic (exact) mass is 374 g/mol. The molecule has 0 bridgehead atoms. The third-order valence-corrected chi connectivity index (χ3v) is 5.34. The second-order valence-electron chi connectivity index (χ2n) is 7.23. The Bertz CT molecular complexity index is 1280. The summed E-state index contributed by atoms with van der Waals surface area (Å²) in [7, 11) is 0. The number of hydrogen-bond acceptors (Lipinski definition) is 0. The van der Waals surface area contributed by atoms with Gasteiger partial charge >= 0.3 is 0 Å². The molecule has 138 valence electrons. The predicted molar refractivity (Wildman–Crippen MR) is 120 cm³/mol. The van der Waals surface area contributed by atoms with Crippen molar-refractivity contribution in [1.82, 2.24) is 0 Å². The maximum Gasteiger partial charge on any atom is 0.123 e. The van der Waals surface area contributed by atoms with Gasteiger partial charge < -0.3 is 0 Å². The number of fused-ring (bicyclic) bond motifs is 1. The molecule has 5 aromatic carbocycles. The molecular weight excluding hydrogens is 355 g/mol. The highest BCUT2D eigenvalue weighted by atomic mass is 19.1. The number of halogens is 1.